The van der Waals surface area contributed by atoms with Crippen molar-refractivity contribution in [3.8, 4) is 11.4 Å². The first kappa shape index (κ1) is 24.3. The van der Waals surface area contributed by atoms with E-state index in [0.717, 1.165) is 38.0 Å². The van der Waals surface area contributed by atoms with Crippen LogP contribution in [-0.4, -0.2) is 66.5 Å². The molecule has 2 aromatic carbocycles. The number of rotatable bonds is 10. The fourth-order valence-electron chi connectivity index (χ4n) is 3.65. The summed E-state index contributed by atoms with van der Waals surface area (Å²) in [5.74, 6) is 0.600. The van der Waals surface area contributed by atoms with Crippen LogP contribution in [0.5, 0.6) is 0 Å². The fraction of sp³-hybridized carbons (Fsp3) is 0.333. The Morgan fingerprint density at radius 1 is 0.943 bits per heavy atom. The fourth-order valence-corrected chi connectivity index (χ4v) is 3.65. The number of carbonyl (C=O) groups excluding carboxylic acids is 2. The van der Waals surface area contributed by atoms with E-state index >= 15 is 0 Å². The van der Waals surface area contributed by atoms with Gasteiger partial charge in [-0.2, -0.15) is 0 Å². The van der Waals surface area contributed by atoms with E-state index in [-0.39, 0.29) is 23.6 Å². The van der Waals surface area contributed by atoms with Crippen molar-refractivity contribution in [1.29, 1.82) is 0 Å². The third kappa shape index (κ3) is 6.42. The molecule has 0 saturated heterocycles. The summed E-state index contributed by atoms with van der Waals surface area (Å²) in [5, 5.41) is 5.88. The van der Waals surface area contributed by atoms with Gasteiger partial charge in [0.2, 0.25) is 0 Å². The Kier molecular flexibility index (Phi) is 7.72. The minimum atomic E-state index is -0.388. The lowest BCUT2D eigenvalue weighted by Gasteiger charge is -2.24. The maximum Gasteiger partial charge on any atom is 0.274 e. The molecule has 1 aliphatic carbocycles. The second kappa shape index (κ2) is 11.1. The molecule has 1 saturated carbocycles. The summed E-state index contributed by atoms with van der Waals surface area (Å²) >= 11 is 0. The summed E-state index contributed by atoms with van der Waals surface area (Å²) < 4.78 is 0. The van der Waals surface area contributed by atoms with E-state index in [1.54, 1.807) is 30.3 Å². The topological polar surface area (TPSA) is 90.5 Å². The van der Waals surface area contributed by atoms with Gasteiger partial charge in [-0.15, -0.1) is 0 Å². The average molecular weight is 473 g/mol. The number of likely N-dealkylation sites (N-methyl/N-ethyl adjacent to an activating group) is 2. The van der Waals surface area contributed by atoms with E-state index in [1.165, 1.54) is 0 Å². The summed E-state index contributed by atoms with van der Waals surface area (Å²) in [7, 11) is 4.05. The molecule has 0 atom stereocenters. The van der Waals surface area contributed by atoms with Crippen LogP contribution in [0.2, 0.25) is 0 Å². The third-order valence-electron chi connectivity index (χ3n) is 5.83. The Hall–Kier alpha value is -3.78. The molecule has 3 aromatic rings. The van der Waals surface area contributed by atoms with Gasteiger partial charge in [-0.05, 0) is 46.0 Å². The molecule has 0 radical (unpaired) electrons. The van der Waals surface area contributed by atoms with Gasteiger partial charge in [-0.3, -0.25) is 9.59 Å². The molecule has 2 amide bonds. The Bertz CT molecular complexity index is 1180. The van der Waals surface area contributed by atoms with Crippen LogP contribution in [0.3, 0.4) is 0 Å². The quantitative estimate of drug-likeness (QED) is 0.468. The van der Waals surface area contributed by atoms with Crippen molar-refractivity contribution < 1.29 is 9.59 Å². The zero-order valence-corrected chi connectivity index (χ0v) is 20.5. The van der Waals surface area contributed by atoms with E-state index in [0.29, 0.717) is 22.9 Å². The molecular weight excluding hydrogens is 440 g/mol. The van der Waals surface area contributed by atoms with Crippen LogP contribution in [-0.2, 0) is 0 Å². The van der Waals surface area contributed by atoms with Crippen molar-refractivity contribution in [3.63, 3.8) is 0 Å². The molecule has 0 bridgehead atoms. The lowest BCUT2D eigenvalue weighted by atomic mass is 10.1. The normalized spacial score (nSPS) is 12.9. The van der Waals surface area contributed by atoms with Gasteiger partial charge in [0.1, 0.15) is 11.5 Å². The van der Waals surface area contributed by atoms with Gasteiger partial charge in [0, 0.05) is 37.3 Å². The summed E-state index contributed by atoms with van der Waals surface area (Å²) in [6.45, 7) is 4.42. The van der Waals surface area contributed by atoms with Crippen LogP contribution in [0.4, 0.5) is 11.5 Å². The van der Waals surface area contributed by atoms with E-state index < -0.39 is 0 Å². The molecule has 1 aromatic heterocycles. The predicted octanol–water partition coefficient (Wildman–Crippen LogP) is 3.68. The lowest BCUT2D eigenvalue weighted by Crippen LogP contribution is -2.32. The smallest absolute Gasteiger partial charge is 0.274 e. The van der Waals surface area contributed by atoms with Crippen molar-refractivity contribution in [1.82, 2.24) is 20.2 Å². The number of benzene rings is 2. The first-order valence-corrected chi connectivity index (χ1v) is 12.0. The molecule has 1 aliphatic rings. The van der Waals surface area contributed by atoms with Gasteiger partial charge in [0.15, 0.2) is 5.82 Å². The van der Waals surface area contributed by atoms with E-state index in [9.17, 15) is 9.59 Å². The number of hydrogen-bond donors (Lipinski definition) is 2. The van der Waals surface area contributed by atoms with Gasteiger partial charge in [0.25, 0.3) is 11.8 Å². The predicted molar refractivity (Wildman–Crippen MR) is 139 cm³/mol. The minimum Gasteiger partial charge on any atom is -0.355 e. The second-order valence-electron chi connectivity index (χ2n) is 8.93. The molecule has 0 unspecified atom stereocenters. The van der Waals surface area contributed by atoms with Crippen LogP contribution in [0.15, 0.2) is 60.7 Å². The first-order chi connectivity index (χ1) is 16.9. The van der Waals surface area contributed by atoms with Gasteiger partial charge >= 0.3 is 0 Å². The Balaban J connectivity index is 1.65. The number of amides is 2. The van der Waals surface area contributed by atoms with Crippen LogP contribution < -0.4 is 15.5 Å². The minimum absolute atomic E-state index is 0.183. The molecular formula is C27H32N6O2. The van der Waals surface area contributed by atoms with E-state index in [1.807, 2.05) is 44.4 Å². The maximum atomic E-state index is 13.4. The lowest BCUT2D eigenvalue weighted by molar-refractivity contribution is 0.0952. The van der Waals surface area contributed by atoms with Crippen molar-refractivity contribution in [2.45, 2.75) is 25.8 Å². The summed E-state index contributed by atoms with van der Waals surface area (Å²) in [5.41, 5.74) is 1.97. The number of para-hydroxylation sites is 1. The molecule has 182 valence electrons. The zero-order valence-electron chi connectivity index (χ0n) is 20.5. The number of carbonyl (C=O) groups is 2. The van der Waals surface area contributed by atoms with Crippen LogP contribution in [0.25, 0.3) is 11.4 Å². The highest BCUT2D eigenvalue weighted by atomic mass is 16.2. The largest absolute Gasteiger partial charge is 0.355 e. The third-order valence-corrected chi connectivity index (χ3v) is 5.83. The number of anilines is 2. The number of nitrogens with one attached hydrogen (secondary N) is 2. The standard InChI is InChI=1S/C27H32N6O2/c1-4-33(17-16-32(2)3)24-18-23(29-25(31-24)19-10-6-5-7-11-19)27(35)30-22-13-9-8-12-21(22)26(34)28-20-14-15-20/h5-13,18,20H,4,14-17H2,1-3H3,(H,28,34)(H,30,35). The Morgan fingerprint density at radius 3 is 2.34 bits per heavy atom. The highest BCUT2D eigenvalue weighted by Gasteiger charge is 2.25. The zero-order chi connectivity index (χ0) is 24.8. The van der Waals surface area contributed by atoms with Crippen LogP contribution >= 0.6 is 0 Å². The highest BCUT2D eigenvalue weighted by Crippen LogP contribution is 2.24. The number of hydrogen-bond acceptors (Lipinski definition) is 6. The Labute approximate surface area is 206 Å². The van der Waals surface area contributed by atoms with Gasteiger partial charge in [-0.25, -0.2) is 9.97 Å². The monoisotopic (exact) mass is 472 g/mol. The molecule has 8 nitrogen and oxygen atoms in total. The van der Waals surface area contributed by atoms with Crippen molar-refractivity contribution in [2.75, 3.05) is 43.9 Å². The van der Waals surface area contributed by atoms with Crippen LogP contribution in [0, 0.1) is 0 Å². The van der Waals surface area contributed by atoms with Gasteiger partial charge in [-0.1, -0.05) is 42.5 Å². The summed E-state index contributed by atoms with van der Waals surface area (Å²) in [4.78, 5) is 39.7. The average Bonchev–Trinajstić information content (AvgIpc) is 3.69. The highest BCUT2D eigenvalue weighted by molar-refractivity contribution is 6.08. The molecule has 0 spiro atoms. The molecule has 35 heavy (non-hydrogen) atoms. The molecule has 8 heteroatoms. The molecule has 4 rings (SSSR count). The van der Waals surface area contributed by atoms with Crippen LogP contribution in [0.1, 0.15) is 40.6 Å². The first-order valence-electron chi connectivity index (χ1n) is 12.0. The molecule has 1 heterocycles. The second-order valence-corrected chi connectivity index (χ2v) is 8.93. The summed E-state index contributed by atoms with van der Waals surface area (Å²) in [6, 6.07) is 18.6. The van der Waals surface area contributed by atoms with Crippen molar-refractivity contribution in [2.24, 2.45) is 0 Å². The summed E-state index contributed by atoms with van der Waals surface area (Å²) in [6.07, 6.45) is 1.99. The van der Waals surface area contributed by atoms with E-state index in [2.05, 4.69) is 32.3 Å². The van der Waals surface area contributed by atoms with E-state index in [4.69, 9.17) is 4.98 Å². The van der Waals surface area contributed by atoms with Gasteiger partial charge in [0.05, 0.1) is 11.3 Å². The molecule has 2 N–H and O–H groups in total. The van der Waals surface area contributed by atoms with Crippen molar-refractivity contribution in [3.05, 3.63) is 71.9 Å². The molecule has 0 aliphatic heterocycles. The number of aromatic nitrogens is 2. The van der Waals surface area contributed by atoms with Gasteiger partial charge < -0.3 is 20.4 Å². The Morgan fingerprint density at radius 2 is 1.66 bits per heavy atom. The maximum absolute atomic E-state index is 13.4. The van der Waals surface area contributed by atoms with Crippen molar-refractivity contribution >= 4 is 23.3 Å². The molecule has 1 fully saturated rings. The SMILES string of the molecule is CCN(CCN(C)C)c1cc(C(=O)Nc2ccccc2C(=O)NC2CC2)nc(-c2ccccc2)n1. The number of nitrogens with zero attached hydrogens (tertiary/aromatic N) is 4.